The molecule has 564 valence electrons. The summed E-state index contributed by atoms with van der Waals surface area (Å²) in [6.07, 6.45) is -1.63. The molecule has 0 radical (unpaired) electrons. The van der Waals surface area contributed by atoms with Crippen LogP contribution in [0.4, 0.5) is 0 Å². The van der Waals surface area contributed by atoms with Crippen molar-refractivity contribution in [3.05, 3.63) is 18.2 Å². The number of nitrogens with two attached hydrogens (primary N) is 4. The van der Waals surface area contributed by atoms with E-state index < -0.39 is 243 Å². The molecule has 0 saturated carbocycles. The summed E-state index contributed by atoms with van der Waals surface area (Å²) in [5.41, 5.74) is 22.7. The SMILES string of the molecule is CC[C@H](C)[C@H](NC(=O)[C@@H](NC(=O)CNC(=O)[C@H](CO)NC(=O)[C@@H](NC(=O)[C@H](C)NC(=O)[C@H](CCC(N)=O)NC(=O)[C@@H](NC(=O)[C@H](CCCCN)NC(=O)CNC(=O)[C@H](Cc1cnc[nH]1)NC(=O)[C@@H](N)CCSC)[C@@H](C)O)[C@@H](C)O)[C@@H](C)O)C(=O)N[C@@H](CCC(N)=O)C(=O)N[C@@H](CO)C(=O)O. The van der Waals surface area contributed by atoms with Crippen LogP contribution in [-0.4, -0.2) is 271 Å². The number of hydrogen-bond donors (Lipinski definition) is 24. The molecule has 0 saturated heterocycles. The van der Waals surface area contributed by atoms with Crippen molar-refractivity contribution in [3.63, 3.8) is 0 Å². The lowest BCUT2D eigenvalue weighted by Crippen LogP contribution is -2.62. The summed E-state index contributed by atoms with van der Waals surface area (Å²) in [7, 11) is 0. The monoisotopic (exact) mass is 1450 g/mol. The lowest BCUT2D eigenvalue weighted by Gasteiger charge is -2.29. The van der Waals surface area contributed by atoms with Crippen molar-refractivity contribution in [2.24, 2.45) is 28.9 Å². The zero-order valence-electron chi connectivity index (χ0n) is 56.6. The van der Waals surface area contributed by atoms with Gasteiger partial charge in [0.05, 0.1) is 57.0 Å². The predicted molar refractivity (Wildman–Crippen MR) is 352 cm³/mol. The molecule has 0 aliphatic rings. The van der Waals surface area contributed by atoms with E-state index in [2.05, 4.69) is 73.8 Å². The Morgan fingerprint density at radius 1 is 0.500 bits per heavy atom. The van der Waals surface area contributed by atoms with E-state index in [9.17, 15) is 107 Å². The van der Waals surface area contributed by atoms with Crippen LogP contribution in [0.3, 0.4) is 0 Å². The van der Waals surface area contributed by atoms with E-state index in [0.29, 0.717) is 24.3 Å². The average molecular weight is 1450 g/mol. The number of carboxylic acids is 1. The van der Waals surface area contributed by atoms with Crippen molar-refractivity contribution in [2.45, 2.75) is 197 Å². The Bertz CT molecular complexity index is 2930. The summed E-state index contributed by atoms with van der Waals surface area (Å²) in [4.78, 5) is 216. The molecule has 1 aromatic heterocycles. The van der Waals surface area contributed by atoms with Gasteiger partial charge >= 0.3 is 5.97 Å². The molecule has 0 unspecified atom stereocenters. The van der Waals surface area contributed by atoms with Gasteiger partial charge in [0.15, 0.2) is 0 Å². The number of aliphatic carboxylic acids is 1. The van der Waals surface area contributed by atoms with E-state index in [1.807, 2.05) is 11.6 Å². The summed E-state index contributed by atoms with van der Waals surface area (Å²) >= 11 is 1.46. The Morgan fingerprint density at radius 3 is 1.38 bits per heavy atom. The third-order valence-corrected chi connectivity index (χ3v) is 15.7. The smallest absolute Gasteiger partial charge is 0.328 e. The highest BCUT2D eigenvalue weighted by Crippen LogP contribution is 2.12. The lowest BCUT2D eigenvalue weighted by molar-refractivity contribution is -0.143. The fraction of sp³-hybridized carbons (Fsp3) is 0.672. The van der Waals surface area contributed by atoms with Crippen molar-refractivity contribution in [1.82, 2.24) is 79.1 Å². The zero-order chi connectivity index (χ0) is 76.1. The number of nitrogens with zero attached hydrogens (tertiary/aromatic N) is 1. The van der Waals surface area contributed by atoms with E-state index in [1.54, 1.807) is 6.92 Å². The standard InChI is InChI=1S/C58H99N19O22S/c1-8-26(2)43(54(94)69-35(13-15-40(62)84)52(92)73-38(24-79)58(98)99)75-57(97)44(28(4)80)74-42(86)22-65-50(90)37(23-78)72-56(96)45(29(5)81)76-47(87)27(3)67-51(91)34(12-14-39(61)83)70-55(95)46(30(6)82)77-53(93)33(11-9-10-17-59)68-41(85)21-64-49(89)36(19-31-20-63-25-66-31)71-48(88)32(60)16-18-100-7/h20,25-30,32-38,43-46,78-82H,8-19,21-24,59-60H2,1-7H3,(H2,61,83)(H2,62,84)(H,63,66)(H,64,89)(H,65,90)(H,67,91)(H,68,85)(H,69,94)(H,70,95)(H,71,88)(H,72,96)(H,73,92)(H,74,86)(H,75,97)(H,76,87)(H,77,93)(H,98,99)/t26-,27-,28+,29+,30+,32-,33-,34-,35-,36-,37-,38-,43-,44-,45-,46-/m0/s1. The maximum absolute atomic E-state index is 13.9. The van der Waals surface area contributed by atoms with Gasteiger partial charge in [-0.15, -0.1) is 0 Å². The maximum Gasteiger partial charge on any atom is 0.328 e. The van der Waals surface area contributed by atoms with Gasteiger partial charge in [-0.05, 0) is 90.7 Å². The number of aromatic amines is 1. The van der Waals surface area contributed by atoms with Crippen LogP contribution in [0.25, 0.3) is 0 Å². The number of carbonyl (C=O) groups is 16. The van der Waals surface area contributed by atoms with Gasteiger partial charge in [0.25, 0.3) is 0 Å². The first-order chi connectivity index (χ1) is 47.0. The van der Waals surface area contributed by atoms with Crippen molar-refractivity contribution < 1.29 is 107 Å². The maximum atomic E-state index is 13.9. The molecular weight excluding hydrogens is 1350 g/mol. The second kappa shape index (κ2) is 46.2. The molecule has 0 spiro atoms. The van der Waals surface area contributed by atoms with E-state index in [1.165, 1.54) is 31.2 Å². The number of rotatable bonds is 49. The van der Waals surface area contributed by atoms with E-state index in [0.717, 1.165) is 27.7 Å². The first-order valence-corrected chi connectivity index (χ1v) is 33.2. The fourth-order valence-electron chi connectivity index (χ4n) is 8.91. The number of nitrogens with one attached hydrogen (secondary N) is 14. The first-order valence-electron chi connectivity index (χ1n) is 31.8. The van der Waals surface area contributed by atoms with Crippen LogP contribution in [0.15, 0.2) is 12.5 Å². The average Bonchev–Trinajstić information content (AvgIpc) is 0.920. The number of aromatic nitrogens is 2. The van der Waals surface area contributed by atoms with Crippen molar-refractivity contribution >= 4 is 106 Å². The molecule has 0 bridgehead atoms. The van der Waals surface area contributed by atoms with Gasteiger partial charge in [-0.2, -0.15) is 11.8 Å². The molecule has 100 heavy (non-hydrogen) atoms. The largest absolute Gasteiger partial charge is 0.480 e. The summed E-state index contributed by atoms with van der Waals surface area (Å²) in [6.45, 7) is 3.65. The van der Waals surface area contributed by atoms with Crippen LogP contribution >= 0.6 is 11.8 Å². The van der Waals surface area contributed by atoms with Gasteiger partial charge < -0.3 is 128 Å². The minimum absolute atomic E-state index is 0.0720. The van der Waals surface area contributed by atoms with Crippen molar-refractivity contribution in [1.29, 1.82) is 0 Å². The Morgan fingerprint density at radius 2 is 0.920 bits per heavy atom. The van der Waals surface area contributed by atoms with Crippen LogP contribution < -0.4 is 92.1 Å². The molecule has 42 heteroatoms. The number of hydrogen-bond acceptors (Lipinski definition) is 25. The number of thioether (sulfide) groups is 1. The van der Waals surface area contributed by atoms with Crippen LogP contribution in [0.5, 0.6) is 0 Å². The number of H-pyrrole nitrogens is 1. The summed E-state index contributed by atoms with van der Waals surface area (Å²) < 4.78 is 0. The number of primary amides is 2. The first kappa shape index (κ1) is 88.8. The number of carbonyl (C=O) groups excluding carboxylic acids is 15. The van der Waals surface area contributed by atoms with Gasteiger partial charge in [0, 0.05) is 31.2 Å². The van der Waals surface area contributed by atoms with Crippen LogP contribution in [0.2, 0.25) is 0 Å². The molecule has 1 rings (SSSR count). The zero-order valence-corrected chi connectivity index (χ0v) is 57.4. The Kier molecular flexibility index (Phi) is 41.0. The van der Waals surface area contributed by atoms with Gasteiger partial charge in [0.2, 0.25) is 88.6 Å². The van der Waals surface area contributed by atoms with Crippen LogP contribution in [0, 0.1) is 5.92 Å². The molecule has 0 aliphatic carbocycles. The number of imidazole rings is 1. The molecule has 41 nitrogen and oxygen atoms in total. The van der Waals surface area contributed by atoms with Crippen molar-refractivity contribution in [2.75, 3.05) is 44.9 Å². The third kappa shape index (κ3) is 32.6. The highest BCUT2D eigenvalue weighted by Gasteiger charge is 2.38. The Balaban J connectivity index is 3.19. The highest BCUT2D eigenvalue weighted by molar-refractivity contribution is 7.98. The number of aliphatic hydroxyl groups excluding tert-OH is 5. The van der Waals surface area contributed by atoms with E-state index >= 15 is 0 Å². The lowest BCUT2D eigenvalue weighted by atomic mass is 9.96. The highest BCUT2D eigenvalue weighted by atomic mass is 32.2. The topological polar surface area (TPSA) is 684 Å². The minimum atomic E-state index is -1.95. The summed E-state index contributed by atoms with van der Waals surface area (Å²) in [5, 5.41) is 90.1. The van der Waals surface area contributed by atoms with Gasteiger partial charge in [-0.3, -0.25) is 71.9 Å². The molecule has 1 heterocycles. The predicted octanol–water partition coefficient (Wildman–Crippen LogP) is -11.5. The van der Waals surface area contributed by atoms with Crippen LogP contribution in [0.1, 0.15) is 105 Å². The number of carboxylic acid groups (broad SMARTS) is 1. The number of aliphatic hydroxyl groups is 5. The molecule has 16 atom stereocenters. The Hall–Kier alpha value is -9.20. The van der Waals surface area contributed by atoms with E-state index in [-0.39, 0.29) is 32.2 Å². The molecule has 28 N–H and O–H groups in total. The second-order valence-corrected chi connectivity index (χ2v) is 24.4. The van der Waals surface area contributed by atoms with E-state index in [4.69, 9.17) is 22.9 Å². The molecule has 0 aliphatic heterocycles. The molecule has 1 aromatic rings. The molecule has 0 aromatic carbocycles. The number of amides is 15. The third-order valence-electron chi connectivity index (χ3n) is 15.0. The molecule has 0 fully saturated rings. The van der Waals surface area contributed by atoms with Gasteiger partial charge in [-0.25, -0.2) is 9.78 Å². The normalized spacial score (nSPS) is 15.9. The molecule has 15 amide bonds. The van der Waals surface area contributed by atoms with Crippen LogP contribution in [-0.2, 0) is 83.1 Å². The van der Waals surface area contributed by atoms with Crippen molar-refractivity contribution in [3.8, 4) is 0 Å². The Labute approximate surface area is 579 Å². The quantitative estimate of drug-likeness (QED) is 0.0269. The van der Waals surface area contributed by atoms with Gasteiger partial charge in [-0.1, -0.05) is 20.3 Å². The van der Waals surface area contributed by atoms with Gasteiger partial charge in [0.1, 0.15) is 66.5 Å². The summed E-state index contributed by atoms with van der Waals surface area (Å²) in [5.74, 6) is -17.7. The fourth-order valence-corrected chi connectivity index (χ4v) is 9.40. The minimum Gasteiger partial charge on any atom is -0.480 e. The molecular formula is C58H99N19O22S. The number of unbranched alkanes of at least 4 members (excludes halogenated alkanes) is 1. The summed E-state index contributed by atoms with van der Waals surface area (Å²) in [6, 6.07) is -19.5. The second-order valence-electron chi connectivity index (χ2n) is 23.4.